The first kappa shape index (κ1) is 19.4. The number of rotatable bonds is 6. The fraction of sp³-hybridized carbons (Fsp3) is 0.409. The molecule has 2 aromatic carbocycles. The van der Waals surface area contributed by atoms with Gasteiger partial charge in [0.25, 0.3) is 0 Å². The molecule has 1 saturated heterocycles. The predicted molar refractivity (Wildman–Crippen MR) is 107 cm³/mol. The monoisotopic (exact) mass is 368 g/mol. The number of carboxylic acid groups (broad SMARTS) is 1. The summed E-state index contributed by atoms with van der Waals surface area (Å²) in [7, 11) is 5.79. The van der Waals surface area contributed by atoms with Crippen LogP contribution in [0.4, 0.5) is 0 Å². The molecule has 5 heteroatoms. The number of benzene rings is 2. The average Bonchev–Trinajstić information content (AvgIpc) is 2.68. The van der Waals surface area contributed by atoms with Crippen LogP contribution in [0.1, 0.15) is 27.9 Å². The Hall–Kier alpha value is -2.37. The highest BCUT2D eigenvalue weighted by atomic mass is 16.5. The van der Waals surface area contributed by atoms with Crippen molar-refractivity contribution >= 4 is 5.97 Å². The summed E-state index contributed by atoms with van der Waals surface area (Å²) in [5.74, 6) is 0.144. The maximum atomic E-state index is 12.0. The van der Waals surface area contributed by atoms with Crippen LogP contribution in [0, 0.1) is 5.92 Å². The van der Waals surface area contributed by atoms with Gasteiger partial charge in [0, 0.05) is 18.5 Å². The number of carbonyl (C=O) groups is 1. The van der Waals surface area contributed by atoms with E-state index in [1.807, 2.05) is 24.3 Å². The zero-order chi connectivity index (χ0) is 19.4. The number of hydrogen-bond acceptors (Lipinski definition) is 4. The average molecular weight is 368 g/mol. The van der Waals surface area contributed by atoms with Crippen LogP contribution in [0.5, 0.6) is 5.75 Å². The van der Waals surface area contributed by atoms with Gasteiger partial charge < -0.3 is 20.1 Å². The van der Waals surface area contributed by atoms with Crippen molar-refractivity contribution in [1.29, 1.82) is 0 Å². The van der Waals surface area contributed by atoms with Crippen LogP contribution in [-0.4, -0.2) is 56.8 Å². The predicted octanol–water partition coefficient (Wildman–Crippen LogP) is 2.85. The van der Waals surface area contributed by atoms with Crippen molar-refractivity contribution in [2.45, 2.75) is 11.8 Å². The lowest BCUT2D eigenvalue weighted by Crippen LogP contribution is -2.52. The molecule has 2 atom stereocenters. The third-order valence-electron chi connectivity index (χ3n) is 5.59. The van der Waals surface area contributed by atoms with E-state index in [4.69, 9.17) is 4.74 Å². The third kappa shape index (κ3) is 3.70. The first-order valence-electron chi connectivity index (χ1n) is 9.32. The summed E-state index contributed by atoms with van der Waals surface area (Å²) in [6.07, 6.45) is 0.836. The quantitative estimate of drug-likeness (QED) is 0.821. The zero-order valence-electron chi connectivity index (χ0n) is 16.2. The fourth-order valence-corrected chi connectivity index (χ4v) is 4.45. The third-order valence-corrected chi connectivity index (χ3v) is 5.59. The topological polar surface area (TPSA) is 61.8 Å². The van der Waals surface area contributed by atoms with E-state index in [0.29, 0.717) is 5.56 Å². The summed E-state index contributed by atoms with van der Waals surface area (Å²) < 4.78 is 5.48. The van der Waals surface area contributed by atoms with Gasteiger partial charge in [-0.2, -0.15) is 0 Å². The minimum Gasteiger partial charge on any atom is -0.497 e. The first-order valence-corrected chi connectivity index (χ1v) is 9.32. The number of carboxylic acids is 1. The van der Waals surface area contributed by atoms with Crippen molar-refractivity contribution < 1.29 is 14.6 Å². The second-order valence-electron chi connectivity index (χ2n) is 7.47. The molecule has 0 aromatic heterocycles. The van der Waals surface area contributed by atoms with Crippen molar-refractivity contribution in [2.75, 3.05) is 40.8 Å². The lowest BCUT2D eigenvalue weighted by atomic mass is 9.61. The maximum absolute atomic E-state index is 12.0. The van der Waals surface area contributed by atoms with Gasteiger partial charge in [-0.3, -0.25) is 0 Å². The molecule has 1 aliphatic heterocycles. The molecule has 0 unspecified atom stereocenters. The summed E-state index contributed by atoms with van der Waals surface area (Å²) in [6.45, 7) is 2.54. The van der Waals surface area contributed by atoms with Gasteiger partial charge in [-0.1, -0.05) is 30.3 Å². The number of nitrogens with zero attached hydrogens (tertiary/aromatic N) is 1. The smallest absolute Gasteiger partial charge is 0.335 e. The molecular weight excluding hydrogens is 340 g/mol. The minimum atomic E-state index is -0.880. The second kappa shape index (κ2) is 8.11. The van der Waals surface area contributed by atoms with Gasteiger partial charge in [-0.15, -0.1) is 0 Å². The molecule has 1 heterocycles. The number of piperidine rings is 1. The van der Waals surface area contributed by atoms with E-state index in [-0.39, 0.29) is 11.3 Å². The van der Waals surface area contributed by atoms with Crippen LogP contribution < -0.4 is 10.1 Å². The van der Waals surface area contributed by atoms with Gasteiger partial charge in [-0.25, -0.2) is 4.79 Å². The van der Waals surface area contributed by atoms with E-state index in [0.717, 1.165) is 42.9 Å². The van der Waals surface area contributed by atoms with Gasteiger partial charge in [0.05, 0.1) is 12.7 Å². The molecule has 0 aliphatic carbocycles. The van der Waals surface area contributed by atoms with Crippen LogP contribution in [-0.2, 0) is 5.41 Å². The van der Waals surface area contributed by atoms with Crippen molar-refractivity contribution in [2.24, 2.45) is 5.92 Å². The van der Waals surface area contributed by atoms with Crippen molar-refractivity contribution in [1.82, 2.24) is 10.2 Å². The number of nitrogens with one attached hydrogen (secondary N) is 1. The molecule has 0 radical (unpaired) electrons. The van der Waals surface area contributed by atoms with Gasteiger partial charge in [0.1, 0.15) is 5.75 Å². The van der Waals surface area contributed by atoms with Gasteiger partial charge >= 0.3 is 5.97 Å². The molecule has 0 bridgehead atoms. The lowest BCUT2D eigenvalue weighted by molar-refractivity contribution is 0.0691. The summed E-state index contributed by atoms with van der Waals surface area (Å²) >= 11 is 0. The minimum absolute atomic E-state index is 0.230. The Morgan fingerprint density at radius 3 is 2.74 bits per heavy atom. The van der Waals surface area contributed by atoms with Gasteiger partial charge in [0.15, 0.2) is 0 Å². The summed E-state index contributed by atoms with van der Waals surface area (Å²) in [6, 6.07) is 15.5. The molecule has 0 amide bonds. The van der Waals surface area contributed by atoms with Crippen molar-refractivity contribution in [3.63, 3.8) is 0 Å². The number of methoxy groups -OCH3 is 1. The molecule has 0 spiro atoms. The Morgan fingerprint density at radius 1 is 1.26 bits per heavy atom. The molecule has 144 valence electrons. The maximum Gasteiger partial charge on any atom is 0.335 e. The van der Waals surface area contributed by atoms with E-state index in [9.17, 15) is 9.90 Å². The van der Waals surface area contributed by atoms with E-state index < -0.39 is 5.97 Å². The normalized spacial score (nSPS) is 22.6. The molecule has 2 aromatic rings. The number of hydrogen-bond donors (Lipinski definition) is 2. The second-order valence-corrected chi connectivity index (χ2v) is 7.47. The van der Waals surface area contributed by atoms with E-state index in [1.54, 1.807) is 19.2 Å². The number of aromatic carboxylic acids is 1. The fourth-order valence-electron chi connectivity index (χ4n) is 4.45. The molecule has 1 aliphatic rings. The van der Waals surface area contributed by atoms with E-state index in [1.165, 1.54) is 0 Å². The largest absolute Gasteiger partial charge is 0.497 e. The Morgan fingerprint density at radius 2 is 2.04 bits per heavy atom. The highest BCUT2D eigenvalue weighted by Gasteiger charge is 2.45. The SMILES string of the molecule is COc1cccc([C@]2(c3ccccc3C(=O)O)CCNC[C@H]2CN(C)C)c1. The van der Waals surface area contributed by atoms with Crippen LogP contribution in [0.25, 0.3) is 0 Å². The van der Waals surface area contributed by atoms with Crippen LogP contribution in [0.15, 0.2) is 48.5 Å². The van der Waals surface area contributed by atoms with Crippen molar-refractivity contribution in [3.05, 3.63) is 65.2 Å². The molecule has 2 N–H and O–H groups in total. The Balaban J connectivity index is 2.27. The Bertz CT molecular complexity index is 806. The zero-order valence-corrected chi connectivity index (χ0v) is 16.2. The van der Waals surface area contributed by atoms with Gasteiger partial charge in [0.2, 0.25) is 0 Å². The molecule has 27 heavy (non-hydrogen) atoms. The summed E-state index contributed by atoms with van der Waals surface area (Å²) in [4.78, 5) is 14.2. The Kier molecular flexibility index (Phi) is 5.82. The van der Waals surface area contributed by atoms with Crippen LogP contribution in [0.2, 0.25) is 0 Å². The summed E-state index contributed by atoms with van der Waals surface area (Å²) in [5.41, 5.74) is 1.99. The molecule has 0 saturated carbocycles. The number of ether oxygens (including phenoxy) is 1. The van der Waals surface area contributed by atoms with E-state index >= 15 is 0 Å². The van der Waals surface area contributed by atoms with Crippen molar-refractivity contribution in [3.8, 4) is 5.75 Å². The molecular formula is C22H28N2O3. The highest BCUT2D eigenvalue weighted by molar-refractivity contribution is 5.90. The Labute approximate surface area is 161 Å². The highest BCUT2D eigenvalue weighted by Crippen LogP contribution is 2.46. The molecule has 5 nitrogen and oxygen atoms in total. The standard InChI is InChI=1S/C22H28N2O3/c1-24(2)15-17-14-23-12-11-22(17,16-7-6-8-18(13-16)27-3)20-10-5-4-9-19(20)21(25)26/h4-10,13,17,23H,11-12,14-15H2,1-3H3,(H,25,26)/t17-,22+/m0/s1. The van der Waals surface area contributed by atoms with Gasteiger partial charge in [-0.05, 0) is 62.3 Å². The lowest BCUT2D eigenvalue weighted by Gasteiger charge is -2.47. The molecule has 1 fully saturated rings. The van der Waals surface area contributed by atoms with Crippen LogP contribution in [0.3, 0.4) is 0 Å². The molecule has 3 rings (SSSR count). The summed E-state index contributed by atoms with van der Waals surface area (Å²) in [5, 5.41) is 13.4. The van der Waals surface area contributed by atoms with E-state index in [2.05, 4.69) is 36.4 Å². The first-order chi connectivity index (χ1) is 13.0. The van der Waals surface area contributed by atoms with Crippen LogP contribution >= 0.6 is 0 Å².